The molecule has 1 aliphatic carbocycles. The van der Waals surface area contributed by atoms with E-state index in [0.717, 1.165) is 12.8 Å². The zero-order valence-electron chi connectivity index (χ0n) is 9.98. The van der Waals surface area contributed by atoms with Crippen molar-refractivity contribution in [2.24, 2.45) is 0 Å². The summed E-state index contributed by atoms with van der Waals surface area (Å²) >= 11 is 0. The number of aliphatic carboxylic acids is 1. The van der Waals surface area contributed by atoms with E-state index in [1.807, 2.05) is 6.92 Å². The highest BCUT2D eigenvalue weighted by atomic mass is 16.4. The minimum Gasteiger partial charge on any atom is -0.481 e. The number of carboxylic acids is 1. The van der Waals surface area contributed by atoms with Crippen LogP contribution >= 0.6 is 0 Å². The first-order chi connectivity index (χ1) is 7.56. The molecule has 0 saturated heterocycles. The molecule has 1 rings (SSSR count). The number of carboxylic acid groups (broad SMARTS) is 1. The smallest absolute Gasteiger partial charge is 0.319 e. The van der Waals surface area contributed by atoms with E-state index in [9.17, 15) is 9.59 Å². The molecule has 2 amide bonds. The van der Waals surface area contributed by atoms with Crippen molar-refractivity contribution in [1.29, 1.82) is 0 Å². The fraction of sp³-hybridized carbons (Fsp3) is 0.818. The summed E-state index contributed by atoms with van der Waals surface area (Å²) in [7, 11) is 1.80. The molecule has 0 aromatic heterocycles. The number of hydrogen-bond donors (Lipinski definition) is 1. The maximum Gasteiger partial charge on any atom is 0.319 e. The molecule has 1 aliphatic rings. The molecule has 0 aliphatic heterocycles. The normalized spacial score (nSPS) is 15.4. The van der Waals surface area contributed by atoms with Gasteiger partial charge in [0, 0.05) is 26.2 Å². The van der Waals surface area contributed by atoms with Crippen LogP contribution in [-0.2, 0) is 4.79 Å². The number of urea groups is 1. The molecule has 0 atom stereocenters. The molecule has 5 heteroatoms. The van der Waals surface area contributed by atoms with Gasteiger partial charge in [0.1, 0.15) is 0 Å². The molecule has 0 heterocycles. The predicted octanol–water partition coefficient (Wildman–Crippen LogP) is 1.39. The minimum absolute atomic E-state index is 0.0120. The van der Waals surface area contributed by atoms with E-state index < -0.39 is 5.97 Å². The Hall–Kier alpha value is -1.26. The van der Waals surface area contributed by atoms with Gasteiger partial charge in [-0.1, -0.05) is 0 Å². The molecular weight excluding hydrogens is 208 g/mol. The molecule has 92 valence electrons. The van der Waals surface area contributed by atoms with Crippen LogP contribution in [0, 0.1) is 0 Å². The van der Waals surface area contributed by atoms with Gasteiger partial charge in [-0.3, -0.25) is 4.79 Å². The van der Waals surface area contributed by atoms with Crippen LogP contribution in [0.1, 0.15) is 32.6 Å². The van der Waals surface area contributed by atoms with Crippen molar-refractivity contribution in [2.45, 2.75) is 38.6 Å². The lowest BCUT2D eigenvalue weighted by Gasteiger charge is -2.37. The largest absolute Gasteiger partial charge is 0.481 e. The maximum absolute atomic E-state index is 12.0. The fourth-order valence-electron chi connectivity index (χ4n) is 1.77. The summed E-state index contributed by atoms with van der Waals surface area (Å²) in [5.74, 6) is -0.863. The standard InChI is InChI=1S/C11H20N2O3/c1-3-13(8-7-10(14)15)11(16)12(2)9-5-4-6-9/h9H,3-8H2,1-2H3,(H,14,15). The third kappa shape index (κ3) is 3.12. The quantitative estimate of drug-likeness (QED) is 0.773. The summed E-state index contributed by atoms with van der Waals surface area (Å²) in [5.41, 5.74) is 0. The number of nitrogens with zero attached hydrogens (tertiary/aromatic N) is 2. The highest BCUT2D eigenvalue weighted by Crippen LogP contribution is 2.24. The molecule has 0 bridgehead atoms. The Bertz CT molecular complexity index is 264. The van der Waals surface area contributed by atoms with Crippen LogP contribution in [-0.4, -0.2) is 53.1 Å². The second kappa shape index (κ2) is 5.72. The van der Waals surface area contributed by atoms with Crippen molar-refractivity contribution in [3.63, 3.8) is 0 Å². The van der Waals surface area contributed by atoms with Gasteiger partial charge in [-0.25, -0.2) is 4.79 Å². The number of rotatable bonds is 5. The van der Waals surface area contributed by atoms with Crippen LogP contribution in [0.5, 0.6) is 0 Å². The Morgan fingerprint density at radius 1 is 1.38 bits per heavy atom. The summed E-state index contributed by atoms with van der Waals surface area (Å²) in [6.07, 6.45) is 3.33. The summed E-state index contributed by atoms with van der Waals surface area (Å²) in [6, 6.07) is 0.305. The highest BCUT2D eigenvalue weighted by Gasteiger charge is 2.28. The SMILES string of the molecule is CCN(CCC(=O)O)C(=O)N(C)C1CCC1. The zero-order chi connectivity index (χ0) is 12.1. The maximum atomic E-state index is 12.0. The Labute approximate surface area is 96.0 Å². The molecule has 1 saturated carbocycles. The van der Waals surface area contributed by atoms with Crippen molar-refractivity contribution in [2.75, 3.05) is 20.1 Å². The molecule has 1 N–H and O–H groups in total. The van der Waals surface area contributed by atoms with Gasteiger partial charge < -0.3 is 14.9 Å². The van der Waals surface area contributed by atoms with Crippen LogP contribution in [0.4, 0.5) is 4.79 Å². The molecular formula is C11H20N2O3. The van der Waals surface area contributed by atoms with E-state index in [2.05, 4.69) is 0 Å². The number of hydrogen-bond acceptors (Lipinski definition) is 2. The van der Waals surface area contributed by atoms with Crippen LogP contribution in [0.3, 0.4) is 0 Å². The van der Waals surface area contributed by atoms with E-state index in [0.29, 0.717) is 19.1 Å². The van der Waals surface area contributed by atoms with Gasteiger partial charge in [0.15, 0.2) is 0 Å². The number of amides is 2. The Kier molecular flexibility index (Phi) is 4.58. The second-order valence-electron chi connectivity index (χ2n) is 4.20. The molecule has 0 aromatic rings. The van der Waals surface area contributed by atoms with E-state index in [4.69, 9.17) is 5.11 Å². The van der Waals surface area contributed by atoms with Gasteiger partial charge >= 0.3 is 12.0 Å². The third-order valence-electron chi connectivity index (χ3n) is 3.17. The number of carbonyl (C=O) groups excluding carboxylic acids is 1. The molecule has 5 nitrogen and oxygen atoms in total. The molecule has 16 heavy (non-hydrogen) atoms. The third-order valence-corrected chi connectivity index (χ3v) is 3.17. The lowest BCUT2D eigenvalue weighted by Crippen LogP contribution is -2.48. The molecule has 0 spiro atoms. The van der Waals surface area contributed by atoms with Gasteiger partial charge in [0.2, 0.25) is 0 Å². The Morgan fingerprint density at radius 3 is 2.38 bits per heavy atom. The lowest BCUT2D eigenvalue weighted by atomic mass is 9.92. The van der Waals surface area contributed by atoms with E-state index >= 15 is 0 Å². The molecule has 1 fully saturated rings. The van der Waals surface area contributed by atoms with E-state index in [1.54, 1.807) is 16.8 Å². The number of carbonyl (C=O) groups is 2. The van der Waals surface area contributed by atoms with Gasteiger partial charge in [0.05, 0.1) is 6.42 Å². The van der Waals surface area contributed by atoms with Crippen molar-refractivity contribution < 1.29 is 14.7 Å². The van der Waals surface area contributed by atoms with Crippen LogP contribution in [0.15, 0.2) is 0 Å². The van der Waals surface area contributed by atoms with Gasteiger partial charge in [-0.2, -0.15) is 0 Å². The predicted molar refractivity (Wildman–Crippen MR) is 60.3 cm³/mol. The van der Waals surface area contributed by atoms with E-state index in [-0.39, 0.29) is 12.5 Å². The van der Waals surface area contributed by atoms with Crippen LogP contribution in [0.2, 0.25) is 0 Å². The van der Waals surface area contributed by atoms with E-state index in [1.165, 1.54) is 6.42 Å². The first kappa shape index (κ1) is 12.8. The monoisotopic (exact) mass is 228 g/mol. The van der Waals surface area contributed by atoms with Crippen LogP contribution < -0.4 is 0 Å². The van der Waals surface area contributed by atoms with Crippen LogP contribution in [0.25, 0.3) is 0 Å². The lowest BCUT2D eigenvalue weighted by molar-refractivity contribution is -0.137. The Balaban J connectivity index is 2.43. The first-order valence-electron chi connectivity index (χ1n) is 5.79. The second-order valence-corrected chi connectivity index (χ2v) is 4.20. The summed E-state index contributed by atoms with van der Waals surface area (Å²) in [5, 5.41) is 8.59. The van der Waals surface area contributed by atoms with Gasteiger partial charge in [-0.05, 0) is 26.2 Å². The first-order valence-corrected chi connectivity index (χ1v) is 5.79. The minimum atomic E-state index is -0.863. The topological polar surface area (TPSA) is 60.9 Å². The molecule has 0 aromatic carbocycles. The Morgan fingerprint density at radius 2 is 2.00 bits per heavy atom. The summed E-state index contributed by atoms with van der Waals surface area (Å²) in [4.78, 5) is 25.8. The molecule has 0 radical (unpaired) electrons. The van der Waals surface area contributed by atoms with Crippen molar-refractivity contribution in [3.05, 3.63) is 0 Å². The van der Waals surface area contributed by atoms with Crippen molar-refractivity contribution in [3.8, 4) is 0 Å². The van der Waals surface area contributed by atoms with Crippen molar-refractivity contribution in [1.82, 2.24) is 9.80 Å². The van der Waals surface area contributed by atoms with Gasteiger partial charge in [0.25, 0.3) is 0 Å². The van der Waals surface area contributed by atoms with Crippen molar-refractivity contribution >= 4 is 12.0 Å². The zero-order valence-corrected chi connectivity index (χ0v) is 9.98. The average molecular weight is 228 g/mol. The van der Waals surface area contributed by atoms with Gasteiger partial charge in [-0.15, -0.1) is 0 Å². The average Bonchev–Trinajstić information content (AvgIpc) is 2.15. The highest BCUT2D eigenvalue weighted by molar-refractivity contribution is 5.75. The molecule has 0 unspecified atom stereocenters. The fourth-order valence-corrected chi connectivity index (χ4v) is 1.77. The summed E-state index contributed by atoms with van der Waals surface area (Å²) in [6.45, 7) is 2.72. The summed E-state index contributed by atoms with van der Waals surface area (Å²) < 4.78 is 0.